The summed E-state index contributed by atoms with van der Waals surface area (Å²) >= 11 is 0. The van der Waals surface area contributed by atoms with E-state index in [2.05, 4.69) is 30.5 Å². The summed E-state index contributed by atoms with van der Waals surface area (Å²) in [4.78, 5) is 13.3. The molecular formula is C21H19FN6. The minimum atomic E-state index is -1.39. The molecule has 0 aromatic carbocycles. The summed E-state index contributed by atoms with van der Waals surface area (Å²) in [6.07, 6.45) is 6.12. The predicted molar refractivity (Wildman–Crippen MR) is 105 cm³/mol. The van der Waals surface area contributed by atoms with Crippen LogP contribution in [0.25, 0.3) is 33.5 Å². The largest absolute Gasteiger partial charge is 0.316 e. The molecule has 0 atom stereocenters. The second-order valence-electron chi connectivity index (χ2n) is 7.05. The third-order valence-electron chi connectivity index (χ3n) is 5.25. The SMILES string of the molecule is FC1(c2cccc(-c3n[nH]c4cnc(-c5cccnc5)cc34)n2)CCNCC1. The second-order valence-corrected chi connectivity index (χ2v) is 7.05. The quantitative estimate of drug-likeness (QED) is 0.572. The van der Waals surface area contributed by atoms with Gasteiger partial charge in [0.2, 0.25) is 0 Å². The Kier molecular flexibility index (Phi) is 4.09. The van der Waals surface area contributed by atoms with E-state index in [1.54, 1.807) is 24.7 Å². The lowest BCUT2D eigenvalue weighted by Crippen LogP contribution is -2.37. The molecule has 4 aromatic rings. The van der Waals surface area contributed by atoms with Crippen molar-refractivity contribution in [2.24, 2.45) is 0 Å². The molecule has 1 saturated heterocycles. The summed E-state index contributed by atoms with van der Waals surface area (Å²) in [5, 5.41) is 11.5. The van der Waals surface area contributed by atoms with Gasteiger partial charge in [-0.3, -0.25) is 15.1 Å². The summed E-state index contributed by atoms with van der Waals surface area (Å²) in [5.74, 6) is 0. The van der Waals surface area contributed by atoms with E-state index in [9.17, 15) is 0 Å². The maximum absolute atomic E-state index is 15.4. The van der Waals surface area contributed by atoms with Crippen molar-refractivity contribution in [1.29, 1.82) is 0 Å². The first-order chi connectivity index (χ1) is 13.7. The van der Waals surface area contributed by atoms with Gasteiger partial charge >= 0.3 is 0 Å². The van der Waals surface area contributed by atoms with E-state index < -0.39 is 5.67 Å². The molecule has 1 fully saturated rings. The lowest BCUT2D eigenvalue weighted by Gasteiger charge is -2.29. The Morgan fingerprint density at radius 3 is 2.71 bits per heavy atom. The summed E-state index contributed by atoms with van der Waals surface area (Å²) in [6.45, 7) is 1.32. The smallest absolute Gasteiger partial charge is 0.155 e. The number of nitrogens with zero attached hydrogens (tertiary/aromatic N) is 4. The topological polar surface area (TPSA) is 79.4 Å². The number of nitrogens with one attached hydrogen (secondary N) is 2. The number of pyridine rings is 3. The highest BCUT2D eigenvalue weighted by Gasteiger charge is 2.35. The number of alkyl halides is 1. The zero-order valence-corrected chi connectivity index (χ0v) is 15.2. The number of fused-ring (bicyclic) bond motifs is 1. The molecule has 140 valence electrons. The molecule has 4 aromatic heterocycles. The number of hydrogen-bond donors (Lipinski definition) is 2. The molecule has 0 amide bonds. The fraction of sp³-hybridized carbons (Fsp3) is 0.238. The highest BCUT2D eigenvalue weighted by Crippen LogP contribution is 2.35. The van der Waals surface area contributed by atoms with Crippen molar-refractivity contribution in [2.75, 3.05) is 13.1 Å². The minimum Gasteiger partial charge on any atom is -0.316 e. The monoisotopic (exact) mass is 374 g/mol. The third-order valence-corrected chi connectivity index (χ3v) is 5.25. The molecule has 5 heterocycles. The fourth-order valence-corrected chi connectivity index (χ4v) is 3.68. The Morgan fingerprint density at radius 2 is 1.89 bits per heavy atom. The van der Waals surface area contributed by atoms with E-state index in [1.165, 1.54) is 0 Å². The van der Waals surface area contributed by atoms with Crippen LogP contribution in [-0.4, -0.2) is 38.2 Å². The first-order valence-electron chi connectivity index (χ1n) is 9.35. The summed E-state index contributed by atoms with van der Waals surface area (Å²) in [5.41, 5.74) is 2.98. The average Bonchev–Trinajstić information content (AvgIpc) is 3.18. The average molecular weight is 374 g/mol. The zero-order chi connectivity index (χ0) is 19.0. The van der Waals surface area contributed by atoms with Crippen molar-refractivity contribution in [2.45, 2.75) is 18.5 Å². The first kappa shape index (κ1) is 16.9. The zero-order valence-electron chi connectivity index (χ0n) is 15.2. The van der Waals surface area contributed by atoms with Gasteiger partial charge in [-0.05, 0) is 56.3 Å². The van der Waals surface area contributed by atoms with E-state index in [0.29, 0.717) is 43.0 Å². The predicted octanol–water partition coefficient (Wildman–Crippen LogP) is 3.63. The van der Waals surface area contributed by atoms with Crippen molar-refractivity contribution >= 4 is 10.9 Å². The Bertz CT molecular complexity index is 1120. The molecule has 0 unspecified atom stereocenters. The first-order valence-corrected chi connectivity index (χ1v) is 9.35. The normalized spacial score (nSPS) is 16.3. The molecular weight excluding hydrogens is 355 g/mol. The van der Waals surface area contributed by atoms with Gasteiger partial charge in [0.15, 0.2) is 5.67 Å². The Labute approximate surface area is 161 Å². The number of aromatic amines is 1. The van der Waals surface area contributed by atoms with Gasteiger partial charge in [-0.1, -0.05) is 6.07 Å². The Morgan fingerprint density at radius 1 is 1.00 bits per heavy atom. The Hall–Kier alpha value is -3.19. The lowest BCUT2D eigenvalue weighted by atomic mass is 9.90. The fourth-order valence-electron chi connectivity index (χ4n) is 3.68. The summed E-state index contributed by atoms with van der Waals surface area (Å²) in [6, 6.07) is 11.3. The molecule has 0 bridgehead atoms. The van der Waals surface area contributed by atoms with Gasteiger partial charge in [0.1, 0.15) is 5.69 Å². The van der Waals surface area contributed by atoms with Crippen LogP contribution in [0.4, 0.5) is 4.39 Å². The highest BCUT2D eigenvalue weighted by molar-refractivity contribution is 5.93. The van der Waals surface area contributed by atoms with E-state index in [0.717, 1.165) is 22.2 Å². The van der Waals surface area contributed by atoms with Gasteiger partial charge in [-0.25, -0.2) is 9.37 Å². The van der Waals surface area contributed by atoms with Crippen LogP contribution in [0.1, 0.15) is 18.5 Å². The third kappa shape index (κ3) is 2.93. The van der Waals surface area contributed by atoms with E-state index >= 15 is 4.39 Å². The highest BCUT2D eigenvalue weighted by atomic mass is 19.1. The van der Waals surface area contributed by atoms with Gasteiger partial charge in [-0.2, -0.15) is 5.10 Å². The molecule has 1 aliphatic rings. The number of halogens is 1. The van der Waals surface area contributed by atoms with Crippen molar-refractivity contribution in [3.05, 3.63) is 60.7 Å². The van der Waals surface area contributed by atoms with Crippen LogP contribution in [0.5, 0.6) is 0 Å². The molecule has 5 rings (SSSR count). The van der Waals surface area contributed by atoms with Crippen LogP contribution in [0.3, 0.4) is 0 Å². The number of rotatable bonds is 3. The van der Waals surface area contributed by atoms with Gasteiger partial charge in [0.25, 0.3) is 0 Å². The maximum atomic E-state index is 15.4. The number of piperidine rings is 1. The van der Waals surface area contributed by atoms with Gasteiger partial charge < -0.3 is 5.32 Å². The van der Waals surface area contributed by atoms with E-state index in [-0.39, 0.29) is 0 Å². The molecule has 0 radical (unpaired) electrons. The van der Waals surface area contributed by atoms with Crippen molar-refractivity contribution in [3.63, 3.8) is 0 Å². The van der Waals surface area contributed by atoms with Crippen LogP contribution >= 0.6 is 0 Å². The molecule has 0 spiro atoms. The Balaban J connectivity index is 1.59. The van der Waals surface area contributed by atoms with Crippen molar-refractivity contribution in [1.82, 2.24) is 30.5 Å². The van der Waals surface area contributed by atoms with Crippen molar-refractivity contribution in [3.8, 4) is 22.6 Å². The van der Waals surface area contributed by atoms with Crippen LogP contribution in [-0.2, 0) is 5.67 Å². The standard InChI is InChI=1S/C21H19FN6/c22-21(6-9-23-10-7-21)19-5-1-4-16(26-19)20-15-11-17(14-3-2-8-24-12-14)25-13-18(15)27-28-20/h1-5,8,11-13,23H,6-7,9-10H2,(H,27,28). The number of H-pyrrole nitrogens is 1. The molecule has 7 heteroatoms. The minimum absolute atomic E-state index is 0.430. The van der Waals surface area contributed by atoms with E-state index in [1.807, 2.05) is 30.3 Å². The van der Waals surface area contributed by atoms with Gasteiger partial charge in [0, 0.05) is 23.3 Å². The van der Waals surface area contributed by atoms with Crippen molar-refractivity contribution < 1.29 is 4.39 Å². The molecule has 0 aliphatic carbocycles. The molecule has 2 N–H and O–H groups in total. The second kappa shape index (κ2) is 6.76. The summed E-state index contributed by atoms with van der Waals surface area (Å²) < 4.78 is 15.4. The maximum Gasteiger partial charge on any atom is 0.155 e. The van der Waals surface area contributed by atoms with Crippen LogP contribution < -0.4 is 5.32 Å². The molecule has 6 nitrogen and oxygen atoms in total. The van der Waals surface area contributed by atoms with Crippen LogP contribution in [0.15, 0.2) is 55.0 Å². The molecule has 0 saturated carbocycles. The van der Waals surface area contributed by atoms with Gasteiger partial charge in [0.05, 0.1) is 28.8 Å². The summed E-state index contributed by atoms with van der Waals surface area (Å²) in [7, 11) is 0. The van der Waals surface area contributed by atoms with Crippen LogP contribution in [0.2, 0.25) is 0 Å². The lowest BCUT2D eigenvalue weighted by molar-refractivity contribution is 0.110. The molecule has 1 aliphatic heterocycles. The van der Waals surface area contributed by atoms with E-state index in [4.69, 9.17) is 0 Å². The number of hydrogen-bond acceptors (Lipinski definition) is 5. The van der Waals surface area contributed by atoms with Gasteiger partial charge in [-0.15, -0.1) is 0 Å². The number of aromatic nitrogens is 5. The molecule has 28 heavy (non-hydrogen) atoms. The van der Waals surface area contributed by atoms with Crippen LogP contribution in [0, 0.1) is 0 Å².